The molecule has 0 saturated carbocycles. The summed E-state index contributed by atoms with van der Waals surface area (Å²) in [7, 11) is 0. The third kappa shape index (κ3) is 5.71. The zero-order chi connectivity index (χ0) is 33.6. The fraction of sp³-hybridized carbons (Fsp3) is 0.0417. The molecule has 2 atom stereocenters. The van der Waals surface area contributed by atoms with Gasteiger partial charge in [-0.25, -0.2) is 0 Å². The van der Waals surface area contributed by atoms with Crippen LogP contribution in [0.2, 0.25) is 0 Å². The van der Waals surface area contributed by atoms with Gasteiger partial charge >= 0.3 is 0 Å². The minimum atomic E-state index is -0.992. The normalized spacial score (nSPS) is 17.6. The van der Waals surface area contributed by atoms with Crippen molar-refractivity contribution >= 4 is 28.0 Å². The molecular weight excluding hydrogens is 605 g/mol. The largest absolute Gasteiger partial charge is 0.171 e. The van der Waals surface area contributed by atoms with Crippen LogP contribution in [0.15, 0.2) is 223 Å². The van der Waals surface area contributed by atoms with Gasteiger partial charge in [-0.15, -0.1) is 0 Å². The van der Waals surface area contributed by atoms with Crippen molar-refractivity contribution in [3.05, 3.63) is 246 Å². The van der Waals surface area contributed by atoms with Gasteiger partial charge in [-0.2, -0.15) is 10.2 Å². The van der Waals surface area contributed by atoms with Crippen LogP contribution >= 0.6 is 0 Å². The molecule has 0 amide bonds. The lowest BCUT2D eigenvalue weighted by Gasteiger charge is -2.47. The fourth-order valence-electron chi connectivity index (χ4n) is 7.50. The summed E-state index contributed by atoms with van der Waals surface area (Å²) in [5, 5.41) is 10.8. The van der Waals surface area contributed by atoms with Gasteiger partial charge in [0.15, 0.2) is 0 Å². The third-order valence-electron chi connectivity index (χ3n) is 9.56. The average molecular weight is 641 g/mol. The van der Waals surface area contributed by atoms with E-state index in [0.717, 1.165) is 50.2 Å². The monoisotopic (exact) mass is 640 g/mol. The van der Waals surface area contributed by atoms with Gasteiger partial charge in [0.25, 0.3) is 0 Å². The average Bonchev–Trinajstić information content (AvgIpc) is 3.21. The molecule has 0 fully saturated rings. The lowest BCUT2D eigenvalue weighted by molar-refractivity contribution is 0.506. The molecule has 1 aliphatic rings. The minimum absolute atomic E-state index is 0.265. The van der Waals surface area contributed by atoms with Crippen molar-refractivity contribution in [2.45, 2.75) is 11.5 Å². The van der Waals surface area contributed by atoms with Crippen LogP contribution in [-0.2, 0) is 5.54 Å². The second kappa shape index (κ2) is 14.0. The van der Waals surface area contributed by atoms with Gasteiger partial charge in [-0.05, 0) is 62.2 Å². The molecule has 2 heteroatoms. The minimum Gasteiger partial charge on any atom is -0.171 e. The zero-order valence-electron chi connectivity index (χ0n) is 27.7. The SMILES string of the molecule is c1ccc(N=NC2(c3ccccc3)C(c3ccccc3)=C(c3ccccc3)C(c3ccccc3)=C(c3ccccc3)C2c2ccccc2)cc1. The third-order valence-corrected chi connectivity index (χ3v) is 9.56. The highest BCUT2D eigenvalue weighted by atomic mass is 15.2. The molecular formula is C48H36N2. The Bertz CT molecular complexity index is 2260. The molecule has 0 radical (unpaired) electrons. The van der Waals surface area contributed by atoms with Crippen molar-refractivity contribution in [3.63, 3.8) is 0 Å². The second-order valence-electron chi connectivity index (χ2n) is 12.5. The number of nitrogens with zero attached hydrogens (tertiary/aromatic N) is 2. The Morgan fingerprint density at radius 1 is 0.360 bits per heavy atom. The molecule has 0 aromatic heterocycles. The molecule has 2 nitrogen and oxygen atoms in total. The van der Waals surface area contributed by atoms with Crippen LogP contribution in [0.5, 0.6) is 0 Å². The van der Waals surface area contributed by atoms with Crippen LogP contribution in [0.3, 0.4) is 0 Å². The molecule has 0 bridgehead atoms. The highest BCUT2D eigenvalue weighted by Crippen LogP contribution is 2.64. The predicted octanol–water partition coefficient (Wildman–Crippen LogP) is 12.7. The standard InChI is InChI=1S/C48H36N2/c1-8-22-36(23-9-1)43-44(37-24-10-2-11-25-37)46(39-28-14-4-15-29-39)48(41-32-18-6-19-33-41,50-49-42-34-20-7-21-35-42)47(40-30-16-5-17-31-40)45(43)38-26-12-3-13-27-38/h1-35,46H. The maximum atomic E-state index is 5.68. The first-order valence-corrected chi connectivity index (χ1v) is 17.1. The van der Waals surface area contributed by atoms with Gasteiger partial charge in [0.05, 0.1) is 5.69 Å². The molecule has 1 aliphatic carbocycles. The summed E-state index contributed by atoms with van der Waals surface area (Å²) >= 11 is 0. The lowest BCUT2D eigenvalue weighted by atomic mass is 9.57. The number of benzene rings is 7. The molecule has 7 aromatic rings. The van der Waals surface area contributed by atoms with E-state index in [1.54, 1.807) is 0 Å². The molecule has 0 saturated heterocycles. The van der Waals surface area contributed by atoms with Crippen molar-refractivity contribution < 1.29 is 0 Å². The summed E-state index contributed by atoms with van der Waals surface area (Å²) in [5.41, 5.74) is 11.2. The van der Waals surface area contributed by atoms with Gasteiger partial charge in [0, 0.05) is 11.5 Å². The van der Waals surface area contributed by atoms with Crippen LogP contribution in [0, 0.1) is 0 Å². The quantitative estimate of drug-likeness (QED) is 0.148. The molecule has 7 aromatic carbocycles. The van der Waals surface area contributed by atoms with E-state index in [1.165, 1.54) is 11.1 Å². The maximum Gasteiger partial charge on any atom is 0.144 e. The summed E-state index contributed by atoms with van der Waals surface area (Å²) in [6.07, 6.45) is 0. The maximum absolute atomic E-state index is 5.68. The molecule has 0 N–H and O–H groups in total. The smallest absolute Gasteiger partial charge is 0.144 e. The Labute approximate surface area is 294 Å². The number of azo groups is 1. The van der Waals surface area contributed by atoms with Crippen LogP contribution in [0.25, 0.3) is 22.3 Å². The van der Waals surface area contributed by atoms with Crippen molar-refractivity contribution in [3.8, 4) is 0 Å². The van der Waals surface area contributed by atoms with E-state index >= 15 is 0 Å². The zero-order valence-corrected chi connectivity index (χ0v) is 27.7. The fourth-order valence-corrected chi connectivity index (χ4v) is 7.50. The van der Waals surface area contributed by atoms with Crippen molar-refractivity contribution in [2.75, 3.05) is 0 Å². The number of allylic oxidation sites excluding steroid dienone is 2. The van der Waals surface area contributed by atoms with E-state index in [0.29, 0.717) is 0 Å². The van der Waals surface area contributed by atoms with E-state index in [9.17, 15) is 0 Å². The molecule has 50 heavy (non-hydrogen) atoms. The highest BCUT2D eigenvalue weighted by Gasteiger charge is 2.53. The summed E-state index contributed by atoms with van der Waals surface area (Å²) in [5.74, 6) is -0.265. The van der Waals surface area contributed by atoms with E-state index in [2.05, 4.69) is 182 Å². The molecule has 2 unspecified atom stereocenters. The number of rotatable bonds is 8. The first-order valence-electron chi connectivity index (χ1n) is 17.1. The van der Waals surface area contributed by atoms with Crippen LogP contribution in [-0.4, -0.2) is 0 Å². The lowest BCUT2D eigenvalue weighted by Crippen LogP contribution is -2.37. The predicted molar refractivity (Wildman–Crippen MR) is 208 cm³/mol. The molecule has 238 valence electrons. The van der Waals surface area contributed by atoms with Crippen LogP contribution in [0.1, 0.15) is 39.3 Å². The summed E-state index contributed by atoms with van der Waals surface area (Å²) < 4.78 is 0. The van der Waals surface area contributed by atoms with Crippen LogP contribution < -0.4 is 0 Å². The van der Waals surface area contributed by atoms with Crippen molar-refractivity contribution in [2.24, 2.45) is 10.2 Å². The van der Waals surface area contributed by atoms with Gasteiger partial charge in [-0.3, -0.25) is 0 Å². The number of hydrogen-bond acceptors (Lipinski definition) is 2. The molecule has 0 heterocycles. The first kappa shape index (κ1) is 30.9. The van der Waals surface area contributed by atoms with Gasteiger partial charge in [0.2, 0.25) is 0 Å². The number of hydrogen-bond donors (Lipinski definition) is 0. The second-order valence-corrected chi connectivity index (χ2v) is 12.5. The van der Waals surface area contributed by atoms with E-state index in [-0.39, 0.29) is 5.92 Å². The topological polar surface area (TPSA) is 24.7 Å². The van der Waals surface area contributed by atoms with Gasteiger partial charge in [0.1, 0.15) is 5.54 Å². The Morgan fingerprint density at radius 2 is 0.760 bits per heavy atom. The summed E-state index contributed by atoms with van der Waals surface area (Å²) in [6.45, 7) is 0. The Hall–Kier alpha value is -6.38. The van der Waals surface area contributed by atoms with E-state index in [4.69, 9.17) is 10.2 Å². The Kier molecular flexibility index (Phi) is 8.66. The Morgan fingerprint density at radius 3 is 1.28 bits per heavy atom. The first-order chi connectivity index (χ1) is 24.8. The highest BCUT2D eigenvalue weighted by molar-refractivity contribution is 6.26. The van der Waals surface area contributed by atoms with Gasteiger partial charge < -0.3 is 0 Å². The van der Waals surface area contributed by atoms with Crippen LogP contribution in [0.4, 0.5) is 5.69 Å². The van der Waals surface area contributed by atoms with E-state index in [1.807, 2.05) is 30.3 Å². The Balaban J connectivity index is 1.66. The molecule has 0 spiro atoms. The van der Waals surface area contributed by atoms with E-state index < -0.39 is 5.54 Å². The molecule has 8 rings (SSSR count). The van der Waals surface area contributed by atoms with Gasteiger partial charge in [-0.1, -0.05) is 200 Å². The molecule has 0 aliphatic heterocycles. The summed E-state index contributed by atoms with van der Waals surface area (Å²) in [6, 6.07) is 75.1. The van der Waals surface area contributed by atoms with Crippen molar-refractivity contribution in [1.29, 1.82) is 0 Å². The summed E-state index contributed by atoms with van der Waals surface area (Å²) in [4.78, 5) is 0. The van der Waals surface area contributed by atoms with Crippen molar-refractivity contribution in [1.82, 2.24) is 0 Å².